The van der Waals surface area contributed by atoms with Crippen LogP contribution in [0.5, 0.6) is 5.75 Å². The van der Waals surface area contributed by atoms with Crippen LogP contribution in [0.15, 0.2) is 12.1 Å². The summed E-state index contributed by atoms with van der Waals surface area (Å²) in [5.74, 6) is 1.44. The summed E-state index contributed by atoms with van der Waals surface area (Å²) in [6, 6.07) is 4.43. The third-order valence-electron chi connectivity index (χ3n) is 5.16. The van der Waals surface area contributed by atoms with E-state index in [-0.39, 0.29) is 0 Å². The molecule has 0 N–H and O–H groups in total. The minimum Gasteiger partial charge on any atom is -0.497 e. The Kier molecular flexibility index (Phi) is 5.51. The molecule has 1 aromatic heterocycles. The highest BCUT2D eigenvalue weighted by Crippen LogP contribution is 2.34. The van der Waals surface area contributed by atoms with Crippen molar-refractivity contribution in [3.8, 4) is 5.75 Å². The van der Waals surface area contributed by atoms with Crippen LogP contribution in [0.4, 0.5) is 0 Å². The van der Waals surface area contributed by atoms with Crippen molar-refractivity contribution in [1.82, 2.24) is 9.88 Å². The number of nitrogens with zero attached hydrogens (tertiary/aromatic N) is 2. The molecule has 1 aliphatic heterocycles. The maximum absolute atomic E-state index is 5.78. The number of ether oxygens (including phenoxy) is 3. The fraction of sp³-hybridized carbons (Fsp3) is 0.722. The van der Waals surface area contributed by atoms with Crippen molar-refractivity contribution in [3.05, 3.63) is 23.5 Å². The van der Waals surface area contributed by atoms with Crippen LogP contribution in [0.25, 0.3) is 0 Å². The smallest absolute Gasteiger partial charge is 0.122 e. The Morgan fingerprint density at radius 2 is 2.17 bits per heavy atom. The van der Waals surface area contributed by atoms with Gasteiger partial charge in [-0.2, -0.15) is 0 Å². The lowest BCUT2D eigenvalue weighted by Gasteiger charge is -2.40. The third kappa shape index (κ3) is 3.84. The van der Waals surface area contributed by atoms with Crippen molar-refractivity contribution in [1.29, 1.82) is 0 Å². The van der Waals surface area contributed by atoms with Gasteiger partial charge in [0.1, 0.15) is 5.75 Å². The number of hydrogen-bond donors (Lipinski definition) is 0. The summed E-state index contributed by atoms with van der Waals surface area (Å²) < 4.78 is 16.9. The molecule has 2 heterocycles. The molecule has 0 unspecified atom stereocenters. The van der Waals surface area contributed by atoms with Crippen LogP contribution in [-0.2, 0) is 16.0 Å². The van der Waals surface area contributed by atoms with Crippen LogP contribution in [0, 0.1) is 12.8 Å². The molecule has 2 fully saturated rings. The van der Waals surface area contributed by atoms with Crippen LogP contribution in [0.3, 0.4) is 0 Å². The van der Waals surface area contributed by atoms with Crippen LogP contribution in [0.1, 0.15) is 30.7 Å². The Bertz CT molecular complexity index is 523. The molecule has 0 spiro atoms. The molecule has 23 heavy (non-hydrogen) atoms. The number of methoxy groups -OCH3 is 2. The van der Waals surface area contributed by atoms with Crippen molar-refractivity contribution in [2.45, 2.75) is 44.9 Å². The van der Waals surface area contributed by atoms with Crippen LogP contribution in [0.2, 0.25) is 0 Å². The summed E-state index contributed by atoms with van der Waals surface area (Å²) in [6.07, 6.45) is 4.02. The Balaban J connectivity index is 1.75. The second-order valence-corrected chi connectivity index (χ2v) is 6.62. The van der Waals surface area contributed by atoms with Crippen molar-refractivity contribution >= 4 is 0 Å². The van der Waals surface area contributed by atoms with Gasteiger partial charge in [-0.05, 0) is 19.8 Å². The molecule has 3 atom stereocenters. The molecule has 0 bridgehead atoms. The van der Waals surface area contributed by atoms with E-state index >= 15 is 0 Å². The number of morpholine rings is 1. The Morgan fingerprint density at radius 3 is 2.96 bits per heavy atom. The van der Waals surface area contributed by atoms with Crippen LogP contribution >= 0.6 is 0 Å². The van der Waals surface area contributed by atoms with E-state index in [9.17, 15) is 0 Å². The second kappa shape index (κ2) is 7.60. The maximum atomic E-state index is 5.78. The van der Waals surface area contributed by atoms with E-state index in [2.05, 4.69) is 9.88 Å². The van der Waals surface area contributed by atoms with Gasteiger partial charge in [0.2, 0.25) is 0 Å². The highest BCUT2D eigenvalue weighted by Gasteiger charge is 2.38. The molecule has 5 heteroatoms. The van der Waals surface area contributed by atoms with E-state index < -0.39 is 0 Å². The van der Waals surface area contributed by atoms with Gasteiger partial charge in [-0.25, -0.2) is 0 Å². The highest BCUT2D eigenvalue weighted by atomic mass is 16.5. The predicted octanol–water partition coefficient (Wildman–Crippen LogP) is 2.41. The van der Waals surface area contributed by atoms with Gasteiger partial charge in [0.15, 0.2) is 0 Å². The first-order valence-corrected chi connectivity index (χ1v) is 8.57. The molecular weight excluding hydrogens is 292 g/mol. The van der Waals surface area contributed by atoms with Crippen molar-refractivity contribution in [2.75, 3.05) is 34.0 Å². The van der Waals surface area contributed by atoms with E-state index in [0.29, 0.717) is 18.1 Å². The van der Waals surface area contributed by atoms with Gasteiger partial charge in [-0.3, -0.25) is 9.88 Å². The minimum absolute atomic E-state index is 0.365. The fourth-order valence-electron chi connectivity index (χ4n) is 4.05. The topological polar surface area (TPSA) is 43.8 Å². The lowest BCUT2D eigenvalue weighted by molar-refractivity contribution is -0.0612. The third-order valence-corrected chi connectivity index (χ3v) is 5.16. The maximum Gasteiger partial charge on any atom is 0.122 e. The van der Waals surface area contributed by atoms with Gasteiger partial charge in [0.05, 0.1) is 32.1 Å². The average Bonchev–Trinajstić information content (AvgIpc) is 3.03. The van der Waals surface area contributed by atoms with E-state index in [0.717, 1.165) is 43.4 Å². The normalized spacial score (nSPS) is 28.9. The average molecular weight is 320 g/mol. The summed E-state index contributed by atoms with van der Waals surface area (Å²) in [5.41, 5.74) is 2.07. The Hall–Kier alpha value is -1.17. The monoisotopic (exact) mass is 320 g/mol. The zero-order valence-corrected chi connectivity index (χ0v) is 14.5. The fourth-order valence-corrected chi connectivity index (χ4v) is 4.05. The number of aromatic nitrogens is 1. The van der Waals surface area contributed by atoms with E-state index in [4.69, 9.17) is 14.2 Å². The summed E-state index contributed by atoms with van der Waals surface area (Å²) >= 11 is 0. The molecule has 128 valence electrons. The van der Waals surface area contributed by atoms with Gasteiger partial charge in [-0.1, -0.05) is 6.42 Å². The summed E-state index contributed by atoms with van der Waals surface area (Å²) in [4.78, 5) is 7.20. The Labute approximate surface area is 138 Å². The first kappa shape index (κ1) is 16.7. The SMILES string of the molecule is COc1cc(C)nc(CN2CCOC[C@@H]2[C@H]2CCC[C@@H]2OC)c1. The zero-order chi connectivity index (χ0) is 16.2. The van der Waals surface area contributed by atoms with Crippen LogP contribution in [-0.4, -0.2) is 56.0 Å². The molecule has 1 saturated heterocycles. The minimum atomic E-state index is 0.365. The van der Waals surface area contributed by atoms with Gasteiger partial charge in [0, 0.05) is 50.0 Å². The lowest BCUT2D eigenvalue weighted by atomic mass is 9.94. The van der Waals surface area contributed by atoms with Gasteiger partial charge < -0.3 is 14.2 Å². The molecule has 0 aromatic carbocycles. The predicted molar refractivity (Wildman–Crippen MR) is 88.7 cm³/mol. The summed E-state index contributed by atoms with van der Waals surface area (Å²) in [5, 5.41) is 0. The van der Waals surface area contributed by atoms with E-state index in [1.165, 1.54) is 19.3 Å². The van der Waals surface area contributed by atoms with Gasteiger partial charge in [0.25, 0.3) is 0 Å². The number of rotatable bonds is 5. The van der Waals surface area contributed by atoms with Crippen molar-refractivity contribution in [3.63, 3.8) is 0 Å². The molecule has 1 aliphatic carbocycles. The molecule has 3 rings (SSSR count). The Morgan fingerprint density at radius 1 is 1.30 bits per heavy atom. The number of pyridine rings is 1. The van der Waals surface area contributed by atoms with Crippen molar-refractivity contribution < 1.29 is 14.2 Å². The largest absolute Gasteiger partial charge is 0.497 e. The first-order valence-electron chi connectivity index (χ1n) is 8.57. The summed E-state index contributed by atoms with van der Waals surface area (Å²) in [7, 11) is 3.54. The molecule has 2 aliphatic rings. The van der Waals surface area contributed by atoms with E-state index in [1.54, 1.807) is 7.11 Å². The van der Waals surface area contributed by atoms with E-state index in [1.807, 2.05) is 26.2 Å². The molecule has 5 nitrogen and oxygen atoms in total. The second-order valence-electron chi connectivity index (χ2n) is 6.62. The summed E-state index contributed by atoms with van der Waals surface area (Å²) in [6.45, 7) is 5.41. The molecule has 1 saturated carbocycles. The lowest BCUT2D eigenvalue weighted by Crippen LogP contribution is -2.51. The standard InChI is InChI=1S/C18H28N2O3/c1-13-9-15(21-2)10-14(19-13)11-20-7-8-23-12-17(20)16-5-4-6-18(16)22-3/h9-10,16-18H,4-8,11-12H2,1-3H3/t16-,17-,18+/m1/s1. The van der Waals surface area contributed by atoms with Crippen molar-refractivity contribution in [2.24, 2.45) is 5.92 Å². The van der Waals surface area contributed by atoms with Crippen LogP contribution < -0.4 is 4.74 Å². The molecule has 0 radical (unpaired) electrons. The van der Waals surface area contributed by atoms with Gasteiger partial charge in [-0.15, -0.1) is 0 Å². The number of hydrogen-bond acceptors (Lipinski definition) is 5. The molecule has 0 amide bonds. The molecule has 1 aromatic rings. The van der Waals surface area contributed by atoms with Gasteiger partial charge >= 0.3 is 0 Å². The first-order chi connectivity index (χ1) is 11.2. The zero-order valence-electron chi connectivity index (χ0n) is 14.5. The molecular formula is C18H28N2O3. The quantitative estimate of drug-likeness (QED) is 0.833. The number of aryl methyl sites for hydroxylation is 1. The highest BCUT2D eigenvalue weighted by molar-refractivity contribution is 5.26.